The minimum atomic E-state index is -0.183. The average molecular weight is 198 g/mol. The van der Waals surface area contributed by atoms with E-state index >= 15 is 0 Å². The maximum Gasteiger partial charge on any atom is 0.276 e. The molecule has 0 bridgehead atoms. The summed E-state index contributed by atoms with van der Waals surface area (Å²) < 4.78 is 5.13. The first-order valence-electron chi connectivity index (χ1n) is 3.76. The standard InChI is InChI=1S/C7H10N4OS/c1-5-10-11-7(12-5)13-4-6(3-8)9-2/h6,9H,4H2,1-2H3. The molecule has 0 aliphatic rings. The van der Waals surface area contributed by atoms with Gasteiger partial charge in [-0.1, -0.05) is 11.8 Å². The fraction of sp³-hybridized carbons (Fsp3) is 0.571. The number of aromatic nitrogens is 2. The molecule has 6 heteroatoms. The highest BCUT2D eigenvalue weighted by atomic mass is 32.2. The van der Waals surface area contributed by atoms with E-state index in [-0.39, 0.29) is 6.04 Å². The number of hydrogen-bond acceptors (Lipinski definition) is 6. The fourth-order valence-corrected chi connectivity index (χ4v) is 1.51. The van der Waals surface area contributed by atoms with Gasteiger partial charge in [-0.3, -0.25) is 0 Å². The smallest absolute Gasteiger partial charge is 0.276 e. The predicted molar refractivity (Wildman–Crippen MR) is 48.2 cm³/mol. The minimum absolute atomic E-state index is 0.183. The summed E-state index contributed by atoms with van der Waals surface area (Å²) in [7, 11) is 1.74. The van der Waals surface area contributed by atoms with Gasteiger partial charge in [-0.05, 0) is 7.05 Å². The zero-order valence-corrected chi connectivity index (χ0v) is 8.26. The molecular formula is C7H10N4OS. The molecule has 1 rings (SSSR count). The van der Waals surface area contributed by atoms with Crippen LogP contribution in [0.2, 0.25) is 0 Å². The van der Waals surface area contributed by atoms with Gasteiger partial charge in [0.15, 0.2) is 0 Å². The summed E-state index contributed by atoms with van der Waals surface area (Å²) in [6, 6.07) is 1.92. The predicted octanol–water partition coefficient (Wildman–Crippen LogP) is 0.582. The number of hydrogen-bond donors (Lipinski definition) is 1. The van der Waals surface area contributed by atoms with E-state index in [1.165, 1.54) is 11.8 Å². The lowest BCUT2D eigenvalue weighted by molar-refractivity contribution is 0.429. The molecule has 13 heavy (non-hydrogen) atoms. The first-order valence-corrected chi connectivity index (χ1v) is 4.74. The maximum atomic E-state index is 8.62. The van der Waals surface area contributed by atoms with Gasteiger partial charge >= 0.3 is 0 Å². The topological polar surface area (TPSA) is 74.7 Å². The molecule has 1 N–H and O–H groups in total. The molecule has 0 amide bonds. The van der Waals surface area contributed by atoms with E-state index in [0.29, 0.717) is 16.9 Å². The highest BCUT2D eigenvalue weighted by Crippen LogP contribution is 2.16. The Labute approximate surface area is 80.5 Å². The minimum Gasteiger partial charge on any atom is -0.416 e. The number of nitriles is 1. The van der Waals surface area contributed by atoms with Crippen molar-refractivity contribution in [2.45, 2.75) is 18.2 Å². The molecule has 0 saturated heterocycles. The first-order chi connectivity index (χ1) is 6.26. The summed E-state index contributed by atoms with van der Waals surface area (Å²) in [6.45, 7) is 1.73. The Bertz CT molecular complexity index is 306. The quantitative estimate of drug-likeness (QED) is 0.713. The van der Waals surface area contributed by atoms with E-state index in [9.17, 15) is 0 Å². The van der Waals surface area contributed by atoms with Crippen LogP contribution < -0.4 is 5.32 Å². The van der Waals surface area contributed by atoms with E-state index in [1.807, 2.05) is 0 Å². The molecule has 0 spiro atoms. The third-order valence-electron chi connectivity index (χ3n) is 1.39. The largest absolute Gasteiger partial charge is 0.416 e. The van der Waals surface area contributed by atoms with Crippen LogP contribution in [0.3, 0.4) is 0 Å². The Hall–Kier alpha value is -1.06. The van der Waals surface area contributed by atoms with Gasteiger partial charge in [0.1, 0.15) is 6.04 Å². The molecule has 0 fully saturated rings. The Morgan fingerprint density at radius 1 is 1.69 bits per heavy atom. The van der Waals surface area contributed by atoms with Crippen molar-refractivity contribution in [3.63, 3.8) is 0 Å². The van der Waals surface area contributed by atoms with Gasteiger partial charge < -0.3 is 9.73 Å². The molecule has 1 aromatic heterocycles. The van der Waals surface area contributed by atoms with E-state index in [4.69, 9.17) is 9.68 Å². The molecule has 0 aliphatic carbocycles. The van der Waals surface area contributed by atoms with Gasteiger partial charge in [-0.15, -0.1) is 10.2 Å². The summed E-state index contributed by atoms with van der Waals surface area (Å²) in [6.07, 6.45) is 0. The average Bonchev–Trinajstić information content (AvgIpc) is 2.53. The molecule has 5 nitrogen and oxygen atoms in total. The van der Waals surface area contributed by atoms with Crippen LogP contribution in [0.25, 0.3) is 0 Å². The fourth-order valence-electron chi connectivity index (χ4n) is 0.677. The van der Waals surface area contributed by atoms with Crippen molar-refractivity contribution in [3.8, 4) is 6.07 Å². The maximum absolute atomic E-state index is 8.62. The lowest BCUT2D eigenvalue weighted by Crippen LogP contribution is -2.25. The molecule has 70 valence electrons. The molecule has 1 aromatic rings. The molecule has 0 aliphatic heterocycles. The van der Waals surface area contributed by atoms with Crippen LogP contribution in [0.5, 0.6) is 0 Å². The number of rotatable bonds is 4. The molecular weight excluding hydrogens is 188 g/mol. The van der Waals surface area contributed by atoms with E-state index in [2.05, 4.69) is 21.6 Å². The summed E-state index contributed by atoms with van der Waals surface area (Å²) in [4.78, 5) is 0. The van der Waals surface area contributed by atoms with Crippen LogP contribution in [-0.4, -0.2) is 29.0 Å². The number of thioether (sulfide) groups is 1. The van der Waals surface area contributed by atoms with Crippen LogP contribution in [0.4, 0.5) is 0 Å². The Morgan fingerprint density at radius 2 is 2.46 bits per heavy atom. The normalized spacial score (nSPS) is 12.4. The lowest BCUT2D eigenvalue weighted by atomic mass is 10.4. The van der Waals surface area contributed by atoms with Crippen LogP contribution in [0, 0.1) is 18.3 Å². The number of nitrogens with one attached hydrogen (secondary N) is 1. The number of nitrogens with zero attached hydrogens (tertiary/aromatic N) is 3. The highest BCUT2D eigenvalue weighted by Gasteiger charge is 2.08. The second-order valence-electron chi connectivity index (χ2n) is 2.37. The third-order valence-corrected chi connectivity index (χ3v) is 2.30. The van der Waals surface area contributed by atoms with Crippen molar-refractivity contribution in [2.24, 2.45) is 0 Å². The van der Waals surface area contributed by atoms with Crippen molar-refractivity contribution in [2.75, 3.05) is 12.8 Å². The lowest BCUT2D eigenvalue weighted by Gasteiger charge is -2.02. The molecule has 1 unspecified atom stereocenters. The van der Waals surface area contributed by atoms with Gasteiger partial charge in [-0.25, -0.2) is 0 Å². The van der Waals surface area contributed by atoms with Crippen molar-refractivity contribution >= 4 is 11.8 Å². The van der Waals surface area contributed by atoms with Gasteiger partial charge in [0.05, 0.1) is 6.07 Å². The van der Waals surface area contributed by atoms with Gasteiger partial charge in [0, 0.05) is 12.7 Å². The van der Waals surface area contributed by atoms with Crippen LogP contribution >= 0.6 is 11.8 Å². The summed E-state index contributed by atoms with van der Waals surface area (Å²) in [5.74, 6) is 1.15. The second kappa shape index (κ2) is 4.84. The van der Waals surface area contributed by atoms with Crippen molar-refractivity contribution in [3.05, 3.63) is 5.89 Å². The molecule has 0 aromatic carbocycles. The van der Waals surface area contributed by atoms with E-state index in [0.717, 1.165) is 0 Å². The Balaban J connectivity index is 2.39. The number of aryl methyl sites for hydroxylation is 1. The van der Waals surface area contributed by atoms with Gasteiger partial charge in [0.2, 0.25) is 5.89 Å². The van der Waals surface area contributed by atoms with E-state index in [1.54, 1.807) is 14.0 Å². The van der Waals surface area contributed by atoms with Crippen LogP contribution in [0.15, 0.2) is 9.64 Å². The van der Waals surface area contributed by atoms with Crippen molar-refractivity contribution in [1.29, 1.82) is 5.26 Å². The van der Waals surface area contributed by atoms with Crippen LogP contribution in [-0.2, 0) is 0 Å². The summed E-state index contributed by atoms with van der Waals surface area (Å²) in [5, 5.41) is 19.5. The summed E-state index contributed by atoms with van der Waals surface area (Å²) >= 11 is 1.37. The van der Waals surface area contributed by atoms with E-state index < -0.39 is 0 Å². The Morgan fingerprint density at radius 3 is 2.92 bits per heavy atom. The Kier molecular flexibility index (Phi) is 3.73. The van der Waals surface area contributed by atoms with Gasteiger partial charge in [-0.2, -0.15) is 5.26 Å². The first kappa shape index (κ1) is 10.0. The SMILES string of the molecule is CNC(C#N)CSc1nnc(C)o1. The monoisotopic (exact) mass is 198 g/mol. The van der Waals surface area contributed by atoms with Gasteiger partial charge in [0.25, 0.3) is 5.22 Å². The zero-order valence-electron chi connectivity index (χ0n) is 7.44. The van der Waals surface area contributed by atoms with Crippen molar-refractivity contribution < 1.29 is 4.42 Å². The van der Waals surface area contributed by atoms with Crippen molar-refractivity contribution in [1.82, 2.24) is 15.5 Å². The highest BCUT2D eigenvalue weighted by molar-refractivity contribution is 7.99. The molecule has 1 heterocycles. The zero-order chi connectivity index (χ0) is 9.68. The van der Waals surface area contributed by atoms with Crippen LogP contribution in [0.1, 0.15) is 5.89 Å². The molecule has 0 radical (unpaired) electrons. The second-order valence-corrected chi connectivity index (χ2v) is 3.34. The third kappa shape index (κ3) is 3.05. The molecule has 0 saturated carbocycles. The molecule has 1 atom stereocenters. The summed E-state index contributed by atoms with van der Waals surface area (Å²) in [5.41, 5.74) is 0.